The van der Waals surface area contributed by atoms with Gasteiger partial charge in [0.15, 0.2) is 6.29 Å². The summed E-state index contributed by atoms with van der Waals surface area (Å²) in [5, 5.41) is 13.3. The zero-order valence-corrected chi connectivity index (χ0v) is 18.9. The van der Waals surface area contributed by atoms with Crippen LogP contribution in [0.4, 0.5) is 0 Å². The average molecular weight is 524 g/mol. The summed E-state index contributed by atoms with van der Waals surface area (Å²) in [5.74, 6) is 1.08. The van der Waals surface area contributed by atoms with E-state index < -0.39 is 0 Å². The number of phenolic OH excluding ortho intramolecular Hbond substituents is 1. The van der Waals surface area contributed by atoms with E-state index in [1.54, 1.807) is 35.2 Å². The fourth-order valence-corrected chi connectivity index (χ4v) is 5.02. The Kier molecular flexibility index (Phi) is 8.20. The van der Waals surface area contributed by atoms with Crippen LogP contribution in [0.1, 0.15) is 17.8 Å². The monoisotopic (exact) mass is 522 g/mol. The summed E-state index contributed by atoms with van der Waals surface area (Å²) in [6.07, 6.45) is 1.56. The van der Waals surface area contributed by atoms with Crippen LogP contribution in [0.3, 0.4) is 0 Å². The number of aromatic nitrogens is 1. The molecule has 26 heavy (non-hydrogen) atoms. The number of hydrogen-bond donors (Lipinski definition) is 1. The highest BCUT2D eigenvalue weighted by atomic mass is 79.9. The van der Waals surface area contributed by atoms with Gasteiger partial charge in [-0.15, -0.1) is 23.1 Å². The van der Waals surface area contributed by atoms with E-state index in [9.17, 15) is 5.11 Å². The molecule has 0 saturated heterocycles. The van der Waals surface area contributed by atoms with Gasteiger partial charge in [0.25, 0.3) is 0 Å². The van der Waals surface area contributed by atoms with Gasteiger partial charge in [-0.3, -0.25) is 4.99 Å². The van der Waals surface area contributed by atoms with Crippen LogP contribution >= 0.6 is 55.0 Å². The van der Waals surface area contributed by atoms with Crippen LogP contribution in [0, 0.1) is 0 Å². The molecule has 0 spiro atoms. The van der Waals surface area contributed by atoms with E-state index in [0.29, 0.717) is 13.2 Å². The van der Waals surface area contributed by atoms with Crippen molar-refractivity contribution < 1.29 is 14.6 Å². The first-order valence-electron chi connectivity index (χ1n) is 8.37. The molecule has 0 radical (unpaired) electrons. The largest absolute Gasteiger partial charge is 0.508 e. The number of thioether (sulfide) groups is 1. The van der Waals surface area contributed by atoms with E-state index in [-0.39, 0.29) is 18.1 Å². The summed E-state index contributed by atoms with van der Waals surface area (Å²) in [6, 6.07) is 5.20. The molecular weight excluding hydrogens is 504 g/mol. The number of rotatable bonds is 10. The Morgan fingerprint density at radius 3 is 2.62 bits per heavy atom. The van der Waals surface area contributed by atoms with Gasteiger partial charge in [-0.05, 0) is 31.0 Å². The fourth-order valence-electron chi connectivity index (χ4n) is 2.43. The maximum atomic E-state index is 9.63. The van der Waals surface area contributed by atoms with Crippen molar-refractivity contribution in [3.8, 4) is 5.75 Å². The third-order valence-electron chi connectivity index (χ3n) is 3.66. The number of aromatic hydroxyl groups is 1. The highest BCUT2D eigenvalue weighted by Gasteiger charge is 2.30. The first-order chi connectivity index (χ1) is 12.7. The van der Waals surface area contributed by atoms with E-state index in [1.807, 2.05) is 6.07 Å². The van der Waals surface area contributed by atoms with Gasteiger partial charge in [-0.1, -0.05) is 31.9 Å². The van der Waals surface area contributed by atoms with E-state index in [4.69, 9.17) is 14.5 Å². The zero-order chi connectivity index (χ0) is 18.4. The number of ether oxygens (including phenoxy) is 2. The quantitative estimate of drug-likeness (QED) is 0.275. The van der Waals surface area contributed by atoms with Gasteiger partial charge < -0.3 is 14.6 Å². The molecule has 5 nitrogen and oxygen atoms in total. The Morgan fingerprint density at radius 1 is 1.19 bits per heavy atom. The first-order valence-corrected chi connectivity index (χ1v) is 12.4. The minimum atomic E-state index is -0.323. The second-order valence-corrected chi connectivity index (χ2v) is 9.30. The fraction of sp³-hybridized carbons (Fsp3) is 0.529. The maximum Gasteiger partial charge on any atom is 0.180 e. The minimum Gasteiger partial charge on any atom is -0.508 e. The summed E-state index contributed by atoms with van der Waals surface area (Å²) >= 11 is 10.1. The van der Waals surface area contributed by atoms with Crippen LogP contribution in [-0.2, 0) is 9.47 Å². The van der Waals surface area contributed by atoms with Crippen LogP contribution in [0.2, 0.25) is 0 Å². The molecule has 0 saturated carbocycles. The molecule has 1 aliphatic heterocycles. The Morgan fingerprint density at radius 2 is 1.92 bits per heavy atom. The van der Waals surface area contributed by atoms with Crippen molar-refractivity contribution in [2.45, 2.75) is 25.2 Å². The molecule has 2 aromatic rings. The lowest BCUT2D eigenvalue weighted by Gasteiger charge is -2.21. The highest BCUT2D eigenvalue weighted by Crippen LogP contribution is 2.32. The average Bonchev–Trinajstić information content (AvgIpc) is 3.27. The normalized spacial score (nSPS) is 17.3. The number of fused-ring (bicyclic) bond motifs is 1. The summed E-state index contributed by atoms with van der Waals surface area (Å²) in [7, 11) is 0. The third-order valence-corrected chi connectivity index (χ3v) is 7.02. The molecule has 1 N–H and O–H groups in total. The summed E-state index contributed by atoms with van der Waals surface area (Å²) in [6.45, 7) is 1.30. The predicted molar refractivity (Wildman–Crippen MR) is 117 cm³/mol. The number of halogens is 2. The molecule has 1 aromatic heterocycles. The van der Waals surface area contributed by atoms with Crippen LogP contribution in [0.5, 0.6) is 5.75 Å². The molecule has 1 aliphatic rings. The van der Waals surface area contributed by atoms with Crippen LogP contribution < -0.4 is 0 Å². The lowest BCUT2D eigenvalue weighted by molar-refractivity contribution is -0.149. The van der Waals surface area contributed by atoms with Crippen molar-refractivity contribution in [1.29, 1.82) is 0 Å². The van der Waals surface area contributed by atoms with Gasteiger partial charge in [-0.2, -0.15) is 0 Å². The van der Waals surface area contributed by atoms with Gasteiger partial charge in [0.1, 0.15) is 21.8 Å². The summed E-state index contributed by atoms with van der Waals surface area (Å²) in [5.41, 5.74) is 0.883. The lowest BCUT2D eigenvalue weighted by Crippen LogP contribution is -2.32. The second kappa shape index (κ2) is 10.4. The van der Waals surface area contributed by atoms with E-state index >= 15 is 0 Å². The molecule has 0 fully saturated rings. The molecular formula is C17H20Br2N2O3S2. The Labute approximate surface area is 177 Å². The number of thiazole rings is 1. The van der Waals surface area contributed by atoms with Gasteiger partial charge in [0.05, 0.1) is 23.4 Å². The lowest BCUT2D eigenvalue weighted by atomic mass is 10.3. The molecule has 1 aromatic carbocycles. The van der Waals surface area contributed by atoms with Crippen molar-refractivity contribution >= 4 is 70.2 Å². The molecule has 0 aliphatic carbocycles. The molecule has 0 bridgehead atoms. The highest BCUT2D eigenvalue weighted by molar-refractivity contribution is 9.09. The number of benzene rings is 1. The maximum absolute atomic E-state index is 9.63. The van der Waals surface area contributed by atoms with E-state index in [2.05, 4.69) is 36.8 Å². The number of nitrogens with zero attached hydrogens (tertiary/aromatic N) is 2. The van der Waals surface area contributed by atoms with Gasteiger partial charge >= 0.3 is 0 Å². The second-order valence-electron chi connectivity index (χ2n) is 5.68. The van der Waals surface area contributed by atoms with Gasteiger partial charge in [0.2, 0.25) is 0 Å². The molecule has 9 heteroatoms. The number of alkyl halides is 2. The summed E-state index contributed by atoms with van der Waals surface area (Å²) < 4.78 is 12.8. The molecule has 0 amide bonds. The van der Waals surface area contributed by atoms with E-state index in [0.717, 1.165) is 49.5 Å². The smallest absolute Gasteiger partial charge is 0.180 e. The van der Waals surface area contributed by atoms with Crippen LogP contribution in [-0.4, -0.2) is 57.1 Å². The predicted octanol–water partition coefficient (Wildman–Crippen LogP) is 4.79. The van der Waals surface area contributed by atoms with Crippen molar-refractivity contribution in [1.82, 2.24) is 4.98 Å². The topological polar surface area (TPSA) is 63.9 Å². The number of hydrogen-bond acceptors (Lipinski definition) is 7. The third kappa shape index (κ3) is 5.42. The molecule has 2 heterocycles. The zero-order valence-electron chi connectivity index (χ0n) is 14.1. The molecule has 1 unspecified atom stereocenters. The Balaban J connectivity index is 1.71. The van der Waals surface area contributed by atoms with Crippen molar-refractivity contribution in [3.63, 3.8) is 0 Å². The standard InChI is InChI=1S/C17H20Br2N2O3S2/c18-5-1-7-23-17(24-8-2-6-19)13-10-25-15(21-13)16-20-12-4-3-11(22)9-14(12)26-16/h3-4,9,13,17,22H,1-2,5-8,10H2. The van der Waals surface area contributed by atoms with E-state index in [1.165, 1.54) is 0 Å². The summed E-state index contributed by atoms with van der Waals surface area (Å²) in [4.78, 5) is 9.47. The first kappa shape index (κ1) is 20.5. The number of aliphatic imine (C=N–C) groups is 1. The van der Waals surface area contributed by atoms with Crippen molar-refractivity contribution in [3.05, 3.63) is 23.2 Å². The number of phenols is 1. The minimum absolute atomic E-state index is 0.0268. The SMILES string of the molecule is Oc1ccc2nc(C3=NC(C(OCCCBr)OCCCBr)CS3)sc2c1. The Hall–Kier alpha value is -0.190. The van der Waals surface area contributed by atoms with Crippen LogP contribution in [0.15, 0.2) is 23.2 Å². The van der Waals surface area contributed by atoms with Crippen molar-refractivity contribution in [2.75, 3.05) is 29.6 Å². The van der Waals surface area contributed by atoms with Gasteiger partial charge in [-0.25, -0.2) is 4.98 Å². The van der Waals surface area contributed by atoms with Crippen molar-refractivity contribution in [2.24, 2.45) is 4.99 Å². The Bertz CT molecular complexity index is 747. The molecule has 3 rings (SSSR count). The molecule has 142 valence electrons. The van der Waals surface area contributed by atoms with Crippen LogP contribution in [0.25, 0.3) is 10.2 Å². The molecule has 1 atom stereocenters. The van der Waals surface area contributed by atoms with Gasteiger partial charge in [0, 0.05) is 16.4 Å².